The Labute approximate surface area is 187 Å². The van der Waals surface area contributed by atoms with E-state index in [9.17, 15) is 18.0 Å². The number of aliphatic carboxylic acids is 1. The Morgan fingerprint density at radius 3 is 2.06 bits per heavy atom. The highest BCUT2D eigenvalue weighted by atomic mass is 19.4. The summed E-state index contributed by atoms with van der Waals surface area (Å²) in [5.74, 6) is -1.57. The maximum absolute atomic E-state index is 12.0. The van der Waals surface area contributed by atoms with Gasteiger partial charge in [0.15, 0.2) is 0 Å². The number of para-hydroxylation sites is 2. The number of carboxylic acid groups (broad SMARTS) is 1. The molecule has 1 amide bonds. The molecule has 0 aliphatic rings. The van der Waals surface area contributed by atoms with Gasteiger partial charge in [-0.2, -0.15) is 18.2 Å². The van der Waals surface area contributed by atoms with Crippen molar-refractivity contribution in [2.45, 2.75) is 19.5 Å². The lowest BCUT2D eigenvalue weighted by Gasteiger charge is -2.11. The van der Waals surface area contributed by atoms with Crippen molar-refractivity contribution in [3.8, 4) is 0 Å². The Morgan fingerprint density at radius 1 is 0.970 bits per heavy atom. The molecule has 0 saturated heterocycles. The molecule has 0 aliphatic carbocycles. The zero-order valence-corrected chi connectivity index (χ0v) is 17.6. The van der Waals surface area contributed by atoms with Crippen LogP contribution in [0.2, 0.25) is 0 Å². The number of hydrogen-bond acceptors (Lipinski definition) is 6. The van der Waals surface area contributed by atoms with Gasteiger partial charge >= 0.3 is 12.1 Å². The summed E-state index contributed by atoms with van der Waals surface area (Å²) in [6.07, 6.45) is -2.98. The molecule has 3 rings (SSSR count). The van der Waals surface area contributed by atoms with Crippen molar-refractivity contribution < 1.29 is 27.9 Å². The molecule has 8 nitrogen and oxygen atoms in total. The minimum atomic E-state index is -5.08. The van der Waals surface area contributed by atoms with Crippen LogP contribution < -0.4 is 16.0 Å². The molecule has 0 aliphatic heterocycles. The molecule has 33 heavy (non-hydrogen) atoms. The molecule has 0 spiro atoms. The average Bonchev–Trinajstić information content (AvgIpc) is 2.77. The summed E-state index contributed by atoms with van der Waals surface area (Å²) in [6, 6.07) is 19.2. The summed E-state index contributed by atoms with van der Waals surface area (Å²) >= 11 is 0. The van der Waals surface area contributed by atoms with Gasteiger partial charge in [-0.1, -0.05) is 36.4 Å². The molecule has 4 N–H and O–H groups in total. The number of carboxylic acids is 1. The maximum Gasteiger partial charge on any atom is 0.490 e. The van der Waals surface area contributed by atoms with Gasteiger partial charge in [0, 0.05) is 36.1 Å². The first-order valence-corrected chi connectivity index (χ1v) is 9.69. The number of rotatable bonds is 7. The third-order valence-corrected chi connectivity index (χ3v) is 3.95. The van der Waals surface area contributed by atoms with E-state index in [1.807, 2.05) is 67.6 Å². The summed E-state index contributed by atoms with van der Waals surface area (Å²) in [4.78, 5) is 29.7. The first-order chi connectivity index (χ1) is 15.6. The Bertz CT molecular complexity index is 1050. The van der Waals surface area contributed by atoms with Crippen molar-refractivity contribution in [2.24, 2.45) is 0 Å². The Balaban J connectivity index is 0.000000479. The third-order valence-electron chi connectivity index (χ3n) is 3.95. The number of aryl methyl sites for hydroxylation is 1. The lowest BCUT2D eigenvalue weighted by atomic mass is 10.3. The number of nitrogens with zero attached hydrogens (tertiary/aromatic N) is 2. The first-order valence-electron chi connectivity index (χ1n) is 9.69. The largest absolute Gasteiger partial charge is 0.490 e. The number of aromatic nitrogens is 2. The predicted molar refractivity (Wildman–Crippen MR) is 118 cm³/mol. The van der Waals surface area contributed by atoms with Gasteiger partial charge in [0.1, 0.15) is 5.82 Å². The zero-order valence-electron chi connectivity index (χ0n) is 17.6. The van der Waals surface area contributed by atoms with Crippen molar-refractivity contribution in [1.82, 2.24) is 9.97 Å². The number of carbonyl (C=O) groups excluding carboxylic acids is 1. The fourth-order valence-electron chi connectivity index (χ4n) is 2.37. The number of anilines is 4. The highest BCUT2D eigenvalue weighted by Crippen LogP contribution is 2.17. The molecule has 0 radical (unpaired) electrons. The lowest BCUT2D eigenvalue weighted by molar-refractivity contribution is -0.192. The van der Waals surface area contributed by atoms with Crippen molar-refractivity contribution in [3.63, 3.8) is 0 Å². The highest BCUT2D eigenvalue weighted by Gasteiger charge is 2.38. The molecule has 2 aromatic carbocycles. The Morgan fingerprint density at radius 2 is 1.52 bits per heavy atom. The Kier molecular flexibility index (Phi) is 9.16. The van der Waals surface area contributed by atoms with Gasteiger partial charge in [0.25, 0.3) is 0 Å². The average molecular weight is 461 g/mol. The standard InChI is InChI=1S/C20H21N5O.C2HF3O2/c1-15-14-22-20(24-17-10-6-3-7-11-17)25-19(15)21-13-12-18(26)23-16-8-4-2-5-9-16;3-2(4,5)1(6)7/h2-11,14H,12-13H2,1H3,(H,23,26)(H2,21,22,24,25);(H,6,7). The van der Waals surface area contributed by atoms with Crippen LogP contribution in [0.4, 0.5) is 36.3 Å². The van der Waals surface area contributed by atoms with E-state index in [0.29, 0.717) is 24.7 Å². The minimum Gasteiger partial charge on any atom is -0.475 e. The fraction of sp³-hybridized carbons (Fsp3) is 0.182. The molecule has 0 fully saturated rings. The molecule has 1 heterocycles. The maximum atomic E-state index is 12.0. The number of nitrogens with one attached hydrogen (secondary N) is 3. The monoisotopic (exact) mass is 461 g/mol. The molecular formula is C22H22F3N5O3. The smallest absolute Gasteiger partial charge is 0.475 e. The third kappa shape index (κ3) is 9.25. The van der Waals surface area contributed by atoms with Crippen LogP contribution in [0, 0.1) is 6.92 Å². The van der Waals surface area contributed by atoms with Crippen LogP contribution in [-0.4, -0.2) is 39.7 Å². The molecular weight excluding hydrogens is 439 g/mol. The van der Waals surface area contributed by atoms with Gasteiger partial charge < -0.3 is 21.1 Å². The second kappa shape index (κ2) is 12.0. The van der Waals surface area contributed by atoms with Gasteiger partial charge in [-0.25, -0.2) is 9.78 Å². The number of alkyl halides is 3. The van der Waals surface area contributed by atoms with Crippen molar-refractivity contribution in [2.75, 3.05) is 22.5 Å². The molecule has 3 aromatic rings. The van der Waals surface area contributed by atoms with Crippen LogP contribution in [0.5, 0.6) is 0 Å². The number of amides is 1. The fourth-order valence-corrected chi connectivity index (χ4v) is 2.37. The number of hydrogen-bond donors (Lipinski definition) is 4. The summed E-state index contributed by atoms with van der Waals surface area (Å²) in [6.45, 7) is 2.42. The number of benzene rings is 2. The quantitative estimate of drug-likeness (QED) is 0.406. The van der Waals surface area contributed by atoms with Crippen LogP contribution in [0.3, 0.4) is 0 Å². The van der Waals surface area contributed by atoms with Gasteiger partial charge in [-0.3, -0.25) is 4.79 Å². The Hall–Kier alpha value is -4.15. The second-order valence-electron chi connectivity index (χ2n) is 6.61. The van der Waals surface area contributed by atoms with Crippen molar-refractivity contribution in [1.29, 1.82) is 0 Å². The van der Waals surface area contributed by atoms with Crippen LogP contribution in [0.1, 0.15) is 12.0 Å². The van der Waals surface area contributed by atoms with E-state index in [0.717, 1.165) is 16.9 Å². The number of halogens is 3. The van der Waals surface area contributed by atoms with Crippen LogP contribution in [0.15, 0.2) is 66.9 Å². The van der Waals surface area contributed by atoms with Crippen molar-refractivity contribution in [3.05, 3.63) is 72.4 Å². The normalized spacial score (nSPS) is 10.4. The van der Waals surface area contributed by atoms with Crippen molar-refractivity contribution >= 4 is 35.0 Å². The van der Waals surface area contributed by atoms with E-state index in [1.165, 1.54) is 0 Å². The first kappa shape index (κ1) is 25.1. The van der Waals surface area contributed by atoms with Crippen LogP contribution in [0.25, 0.3) is 0 Å². The van der Waals surface area contributed by atoms with E-state index in [4.69, 9.17) is 9.90 Å². The lowest BCUT2D eigenvalue weighted by Crippen LogP contribution is -2.21. The molecule has 1 aromatic heterocycles. The number of carbonyl (C=O) groups is 2. The summed E-state index contributed by atoms with van der Waals surface area (Å²) in [5.41, 5.74) is 2.64. The van der Waals surface area contributed by atoms with E-state index in [1.54, 1.807) is 6.20 Å². The summed E-state index contributed by atoms with van der Waals surface area (Å²) < 4.78 is 31.7. The molecule has 0 bridgehead atoms. The van der Waals surface area contributed by atoms with E-state index in [2.05, 4.69) is 25.9 Å². The molecule has 0 atom stereocenters. The van der Waals surface area contributed by atoms with E-state index >= 15 is 0 Å². The van der Waals surface area contributed by atoms with Gasteiger partial charge in [0.05, 0.1) is 0 Å². The second-order valence-corrected chi connectivity index (χ2v) is 6.61. The predicted octanol–water partition coefficient (Wildman–Crippen LogP) is 4.60. The topological polar surface area (TPSA) is 116 Å². The van der Waals surface area contributed by atoms with Gasteiger partial charge in [-0.15, -0.1) is 0 Å². The van der Waals surface area contributed by atoms with Gasteiger partial charge in [-0.05, 0) is 31.2 Å². The summed E-state index contributed by atoms with van der Waals surface area (Å²) in [5, 5.41) is 16.4. The van der Waals surface area contributed by atoms with Crippen LogP contribution >= 0.6 is 0 Å². The van der Waals surface area contributed by atoms with Gasteiger partial charge in [0.2, 0.25) is 11.9 Å². The van der Waals surface area contributed by atoms with E-state index in [-0.39, 0.29) is 5.91 Å². The molecule has 174 valence electrons. The zero-order chi connectivity index (χ0) is 24.3. The van der Waals surface area contributed by atoms with E-state index < -0.39 is 12.1 Å². The molecule has 11 heteroatoms. The molecule has 0 unspecified atom stereocenters. The molecule has 0 saturated carbocycles. The SMILES string of the molecule is Cc1cnc(Nc2ccccc2)nc1NCCC(=O)Nc1ccccc1.O=C(O)C(F)(F)F. The minimum absolute atomic E-state index is 0.0435. The highest BCUT2D eigenvalue weighted by molar-refractivity contribution is 5.90. The van der Waals surface area contributed by atoms with Crippen LogP contribution in [-0.2, 0) is 9.59 Å². The summed E-state index contributed by atoms with van der Waals surface area (Å²) in [7, 11) is 0.